The molecule has 20 heavy (non-hydrogen) atoms. The lowest BCUT2D eigenvalue weighted by molar-refractivity contribution is -0.134. The minimum Gasteiger partial charge on any atom is -0.393 e. The van der Waals surface area contributed by atoms with E-state index in [1.165, 1.54) is 5.56 Å². The SMILES string of the molecule is CC(CC(=O)N1CCCC(C(C)O)C1)c1ccccc1. The monoisotopic (exact) mass is 275 g/mol. The van der Waals surface area contributed by atoms with Crippen molar-refractivity contribution in [3.05, 3.63) is 35.9 Å². The van der Waals surface area contributed by atoms with Crippen LogP contribution in [0.25, 0.3) is 0 Å². The predicted octanol–water partition coefficient (Wildman–Crippen LogP) is 2.80. The summed E-state index contributed by atoms with van der Waals surface area (Å²) in [6.07, 6.45) is 2.25. The molecule has 3 nitrogen and oxygen atoms in total. The molecule has 110 valence electrons. The van der Waals surface area contributed by atoms with Crippen molar-refractivity contribution in [2.24, 2.45) is 5.92 Å². The number of nitrogens with zero attached hydrogens (tertiary/aromatic N) is 1. The number of carbonyl (C=O) groups excluding carboxylic acids is 1. The average Bonchev–Trinajstić information content (AvgIpc) is 2.48. The van der Waals surface area contributed by atoms with E-state index in [2.05, 4.69) is 19.1 Å². The molecule has 1 aliphatic rings. The lowest BCUT2D eigenvalue weighted by atomic mass is 9.92. The molecule has 1 aliphatic heterocycles. The third-order valence-corrected chi connectivity index (χ3v) is 4.34. The third-order valence-electron chi connectivity index (χ3n) is 4.34. The first kappa shape index (κ1) is 15.0. The molecule has 0 radical (unpaired) electrons. The maximum Gasteiger partial charge on any atom is 0.223 e. The summed E-state index contributed by atoms with van der Waals surface area (Å²) in [6.45, 7) is 5.47. The summed E-state index contributed by atoms with van der Waals surface area (Å²) in [5, 5.41) is 9.70. The van der Waals surface area contributed by atoms with Gasteiger partial charge in [0.05, 0.1) is 6.10 Å². The number of likely N-dealkylation sites (tertiary alicyclic amines) is 1. The molecular weight excluding hydrogens is 250 g/mol. The normalized spacial score (nSPS) is 22.4. The van der Waals surface area contributed by atoms with Crippen molar-refractivity contribution in [3.63, 3.8) is 0 Å². The van der Waals surface area contributed by atoms with Gasteiger partial charge < -0.3 is 10.0 Å². The van der Waals surface area contributed by atoms with E-state index in [1.54, 1.807) is 0 Å². The Labute approximate surface area is 121 Å². The van der Waals surface area contributed by atoms with Gasteiger partial charge in [0.15, 0.2) is 0 Å². The number of aliphatic hydroxyl groups excluding tert-OH is 1. The Morgan fingerprint density at radius 1 is 1.35 bits per heavy atom. The zero-order valence-electron chi connectivity index (χ0n) is 12.5. The molecule has 0 spiro atoms. The summed E-state index contributed by atoms with van der Waals surface area (Å²) >= 11 is 0. The van der Waals surface area contributed by atoms with Gasteiger partial charge in [-0.25, -0.2) is 0 Å². The molecule has 1 aromatic rings. The number of aliphatic hydroxyl groups is 1. The van der Waals surface area contributed by atoms with E-state index >= 15 is 0 Å². The number of hydrogen-bond donors (Lipinski definition) is 1. The van der Waals surface area contributed by atoms with Crippen molar-refractivity contribution in [1.82, 2.24) is 4.90 Å². The van der Waals surface area contributed by atoms with E-state index in [0.717, 1.165) is 19.4 Å². The smallest absolute Gasteiger partial charge is 0.223 e. The van der Waals surface area contributed by atoms with Crippen molar-refractivity contribution in [1.29, 1.82) is 0 Å². The van der Waals surface area contributed by atoms with Crippen molar-refractivity contribution in [2.45, 2.75) is 45.1 Å². The Hall–Kier alpha value is -1.35. The molecule has 1 fully saturated rings. The Bertz CT molecular complexity index is 430. The van der Waals surface area contributed by atoms with Crippen LogP contribution < -0.4 is 0 Å². The summed E-state index contributed by atoms with van der Waals surface area (Å²) in [5.41, 5.74) is 1.21. The van der Waals surface area contributed by atoms with Crippen LogP contribution in [0.5, 0.6) is 0 Å². The van der Waals surface area contributed by atoms with Gasteiger partial charge in [0.1, 0.15) is 0 Å². The molecule has 1 aromatic carbocycles. The molecule has 0 saturated carbocycles. The van der Waals surface area contributed by atoms with Gasteiger partial charge in [-0.1, -0.05) is 37.3 Å². The summed E-state index contributed by atoms with van der Waals surface area (Å²) in [7, 11) is 0. The van der Waals surface area contributed by atoms with Gasteiger partial charge >= 0.3 is 0 Å². The van der Waals surface area contributed by atoms with Gasteiger partial charge in [0.25, 0.3) is 0 Å². The van der Waals surface area contributed by atoms with E-state index in [1.807, 2.05) is 30.0 Å². The molecule has 1 N–H and O–H groups in total. The van der Waals surface area contributed by atoms with Crippen LogP contribution in [0.2, 0.25) is 0 Å². The van der Waals surface area contributed by atoms with Crippen molar-refractivity contribution in [2.75, 3.05) is 13.1 Å². The Balaban J connectivity index is 1.91. The zero-order chi connectivity index (χ0) is 14.5. The predicted molar refractivity (Wildman–Crippen MR) is 80.5 cm³/mol. The highest BCUT2D eigenvalue weighted by atomic mass is 16.3. The maximum absolute atomic E-state index is 12.4. The lowest BCUT2D eigenvalue weighted by Gasteiger charge is -2.34. The second kappa shape index (κ2) is 6.89. The fraction of sp³-hybridized carbons (Fsp3) is 0.588. The molecule has 3 unspecified atom stereocenters. The highest BCUT2D eigenvalue weighted by molar-refractivity contribution is 5.77. The molecule has 1 amide bonds. The molecular formula is C17H25NO2. The third kappa shape index (κ3) is 3.83. The summed E-state index contributed by atoms with van der Waals surface area (Å²) in [6, 6.07) is 10.2. The first-order chi connectivity index (χ1) is 9.58. The molecule has 3 heteroatoms. The number of benzene rings is 1. The summed E-state index contributed by atoms with van der Waals surface area (Å²) < 4.78 is 0. The second-order valence-corrected chi connectivity index (χ2v) is 6.00. The largest absolute Gasteiger partial charge is 0.393 e. The topological polar surface area (TPSA) is 40.5 Å². The zero-order valence-corrected chi connectivity index (χ0v) is 12.5. The number of hydrogen-bond acceptors (Lipinski definition) is 2. The van der Waals surface area contributed by atoms with Gasteiger partial charge in [-0.15, -0.1) is 0 Å². The first-order valence-electron chi connectivity index (χ1n) is 7.58. The van der Waals surface area contributed by atoms with Crippen LogP contribution >= 0.6 is 0 Å². The minimum atomic E-state index is -0.322. The average molecular weight is 275 g/mol. The summed E-state index contributed by atoms with van der Waals surface area (Å²) in [5.74, 6) is 0.696. The first-order valence-corrected chi connectivity index (χ1v) is 7.58. The van der Waals surface area contributed by atoms with Gasteiger partial charge in [0, 0.05) is 25.4 Å². The molecule has 0 bridgehead atoms. The van der Waals surface area contributed by atoms with Gasteiger partial charge in [-0.2, -0.15) is 0 Å². The van der Waals surface area contributed by atoms with Crippen LogP contribution in [0, 0.1) is 5.92 Å². The Morgan fingerprint density at radius 2 is 2.05 bits per heavy atom. The quantitative estimate of drug-likeness (QED) is 0.918. The highest BCUT2D eigenvalue weighted by Crippen LogP contribution is 2.24. The number of rotatable bonds is 4. The highest BCUT2D eigenvalue weighted by Gasteiger charge is 2.27. The molecule has 1 heterocycles. The van der Waals surface area contributed by atoms with Gasteiger partial charge in [0.2, 0.25) is 5.91 Å². The maximum atomic E-state index is 12.4. The fourth-order valence-electron chi connectivity index (χ4n) is 2.92. The lowest BCUT2D eigenvalue weighted by Crippen LogP contribution is -2.43. The van der Waals surface area contributed by atoms with Crippen molar-refractivity contribution >= 4 is 5.91 Å². The van der Waals surface area contributed by atoms with Crippen molar-refractivity contribution in [3.8, 4) is 0 Å². The van der Waals surface area contributed by atoms with Crippen LogP contribution in [0.15, 0.2) is 30.3 Å². The molecule has 3 atom stereocenters. The van der Waals surface area contributed by atoms with Gasteiger partial charge in [-0.3, -0.25) is 4.79 Å². The van der Waals surface area contributed by atoms with E-state index in [0.29, 0.717) is 13.0 Å². The minimum absolute atomic E-state index is 0.215. The fourth-order valence-corrected chi connectivity index (χ4v) is 2.92. The van der Waals surface area contributed by atoms with Crippen LogP contribution in [-0.2, 0) is 4.79 Å². The summed E-state index contributed by atoms with van der Waals surface area (Å²) in [4.78, 5) is 14.3. The second-order valence-electron chi connectivity index (χ2n) is 6.00. The Kier molecular flexibility index (Phi) is 5.18. The molecule has 0 aliphatic carbocycles. The van der Waals surface area contributed by atoms with Gasteiger partial charge in [-0.05, 0) is 31.2 Å². The molecule has 1 saturated heterocycles. The van der Waals surface area contributed by atoms with Crippen molar-refractivity contribution < 1.29 is 9.90 Å². The number of amides is 1. The molecule has 0 aromatic heterocycles. The Morgan fingerprint density at radius 3 is 2.70 bits per heavy atom. The van der Waals surface area contributed by atoms with E-state index in [4.69, 9.17) is 0 Å². The van der Waals surface area contributed by atoms with E-state index < -0.39 is 0 Å². The van der Waals surface area contributed by atoms with Crippen LogP contribution in [0.1, 0.15) is 44.6 Å². The van der Waals surface area contributed by atoms with Crippen LogP contribution in [-0.4, -0.2) is 35.1 Å². The standard InChI is InChI=1S/C17H25NO2/c1-13(15-7-4-3-5-8-15)11-17(20)18-10-6-9-16(12-18)14(2)19/h3-5,7-8,13-14,16,19H,6,9-12H2,1-2H3. The molecule has 2 rings (SSSR count). The number of piperidine rings is 1. The van der Waals surface area contributed by atoms with Crippen LogP contribution in [0.3, 0.4) is 0 Å². The van der Waals surface area contributed by atoms with E-state index in [9.17, 15) is 9.90 Å². The van der Waals surface area contributed by atoms with Crippen LogP contribution in [0.4, 0.5) is 0 Å². The number of carbonyl (C=O) groups is 1. The van der Waals surface area contributed by atoms with E-state index in [-0.39, 0.29) is 23.8 Å².